The zero-order valence-electron chi connectivity index (χ0n) is 14.3. The molecular formula is C16H34N4O. The second-order valence-corrected chi connectivity index (χ2v) is 5.39. The molecule has 0 aromatic carbocycles. The van der Waals surface area contributed by atoms with Gasteiger partial charge in [-0.3, -0.25) is 4.90 Å². The van der Waals surface area contributed by atoms with Crippen molar-refractivity contribution in [3.05, 3.63) is 12.4 Å². The van der Waals surface area contributed by atoms with E-state index in [-0.39, 0.29) is 0 Å². The van der Waals surface area contributed by atoms with Crippen molar-refractivity contribution in [2.45, 2.75) is 40.2 Å². The van der Waals surface area contributed by atoms with Crippen molar-refractivity contribution < 1.29 is 4.79 Å². The number of carbonyl (C=O) groups is 1. The summed E-state index contributed by atoms with van der Waals surface area (Å²) >= 11 is 0. The quantitative estimate of drug-likeness (QED) is 0.520. The van der Waals surface area contributed by atoms with Gasteiger partial charge >= 0.3 is 0 Å². The van der Waals surface area contributed by atoms with E-state index in [1.54, 1.807) is 0 Å². The largest absolute Gasteiger partial charge is 0.386 e. The lowest BCUT2D eigenvalue weighted by molar-refractivity contribution is -0.108. The molecule has 0 aliphatic heterocycles. The molecule has 5 nitrogen and oxygen atoms in total. The summed E-state index contributed by atoms with van der Waals surface area (Å²) in [5.41, 5.74) is 5.76. The molecule has 0 spiro atoms. The van der Waals surface area contributed by atoms with Crippen molar-refractivity contribution in [1.82, 2.24) is 14.7 Å². The average Bonchev–Trinajstić information content (AvgIpc) is 2.46. The van der Waals surface area contributed by atoms with E-state index < -0.39 is 0 Å². The third kappa shape index (κ3) is 8.07. The Labute approximate surface area is 130 Å². The molecule has 0 radical (unpaired) electrons. The van der Waals surface area contributed by atoms with Crippen LogP contribution < -0.4 is 5.73 Å². The van der Waals surface area contributed by atoms with Gasteiger partial charge in [-0.25, -0.2) is 0 Å². The van der Waals surface area contributed by atoms with Gasteiger partial charge in [-0.2, -0.15) is 0 Å². The molecule has 0 aromatic rings. The molecule has 1 atom stereocenters. The number of rotatable bonds is 13. The van der Waals surface area contributed by atoms with Gasteiger partial charge in [0.1, 0.15) is 6.29 Å². The molecule has 0 fully saturated rings. The summed E-state index contributed by atoms with van der Waals surface area (Å²) in [5.74, 6) is 0.642. The number of hydrogen-bond donors (Lipinski definition) is 1. The van der Waals surface area contributed by atoms with E-state index >= 15 is 0 Å². The van der Waals surface area contributed by atoms with Gasteiger partial charge in [0.15, 0.2) is 0 Å². The lowest BCUT2D eigenvalue weighted by Gasteiger charge is -2.31. The molecule has 21 heavy (non-hydrogen) atoms. The molecule has 124 valence electrons. The molecule has 0 saturated heterocycles. The third-order valence-corrected chi connectivity index (χ3v) is 4.09. The van der Waals surface area contributed by atoms with E-state index in [9.17, 15) is 4.79 Å². The van der Waals surface area contributed by atoms with E-state index in [0.29, 0.717) is 18.3 Å². The monoisotopic (exact) mass is 298 g/mol. The summed E-state index contributed by atoms with van der Waals surface area (Å²) in [6.45, 7) is 19.1. The van der Waals surface area contributed by atoms with Crippen LogP contribution in [0.1, 0.15) is 34.1 Å². The van der Waals surface area contributed by atoms with Gasteiger partial charge in [-0.15, -0.1) is 0 Å². The molecule has 0 bridgehead atoms. The molecule has 0 aliphatic rings. The minimum absolute atomic E-state index is 0.321. The van der Waals surface area contributed by atoms with Crippen LogP contribution in [0, 0.1) is 0 Å². The third-order valence-electron chi connectivity index (χ3n) is 4.09. The van der Waals surface area contributed by atoms with E-state index in [0.717, 1.165) is 52.1 Å². The predicted molar refractivity (Wildman–Crippen MR) is 90.1 cm³/mol. The van der Waals surface area contributed by atoms with Gasteiger partial charge in [0, 0.05) is 45.2 Å². The van der Waals surface area contributed by atoms with Crippen LogP contribution in [0.25, 0.3) is 0 Å². The molecule has 0 amide bonds. The van der Waals surface area contributed by atoms with Crippen molar-refractivity contribution in [1.29, 1.82) is 0 Å². The molecule has 0 aliphatic carbocycles. The van der Waals surface area contributed by atoms with Crippen LogP contribution >= 0.6 is 0 Å². The predicted octanol–water partition coefficient (Wildman–Crippen LogP) is 1.36. The second kappa shape index (κ2) is 11.6. The Hall–Kier alpha value is -1.07. The fraction of sp³-hybridized carbons (Fsp3) is 0.812. The van der Waals surface area contributed by atoms with Crippen LogP contribution in [-0.4, -0.2) is 72.8 Å². The molecule has 2 N–H and O–H groups in total. The number of carbonyl (C=O) groups excluding carboxylic acids is 1. The minimum atomic E-state index is 0.321. The molecule has 0 saturated carbocycles. The zero-order chi connectivity index (χ0) is 16.3. The van der Waals surface area contributed by atoms with E-state index in [1.165, 1.54) is 0 Å². The first kappa shape index (κ1) is 19.9. The highest BCUT2D eigenvalue weighted by Gasteiger charge is 2.13. The molecule has 0 heterocycles. The van der Waals surface area contributed by atoms with Crippen LogP contribution in [0.3, 0.4) is 0 Å². The number of hydrogen-bond acceptors (Lipinski definition) is 5. The topological polar surface area (TPSA) is 52.8 Å². The van der Waals surface area contributed by atoms with E-state index in [1.807, 2.05) is 0 Å². The molecule has 0 rings (SSSR count). The van der Waals surface area contributed by atoms with E-state index in [2.05, 4.69) is 49.0 Å². The van der Waals surface area contributed by atoms with Crippen LogP contribution in [0.15, 0.2) is 12.4 Å². The first-order valence-electron chi connectivity index (χ1n) is 8.09. The zero-order valence-corrected chi connectivity index (χ0v) is 14.3. The maximum atomic E-state index is 10.6. The fourth-order valence-corrected chi connectivity index (χ4v) is 2.44. The van der Waals surface area contributed by atoms with Crippen molar-refractivity contribution in [2.24, 2.45) is 5.73 Å². The average molecular weight is 298 g/mol. The summed E-state index contributed by atoms with van der Waals surface area (Å²) in [4.78, 5) is 17.5. The summed E-state index contributed by atoms with van der Waals surface area (Å²) in [6.07, 6.45) is 1.62. The summed E-state index contributed by atoms with van der Waals surface area (Å²) in [6, 6.07) is 0.321. The number of nitrogens with zero attached hydrogens (tertiary/aromatic N) is 3. The summed E-state index contributed by atoms with van der Waals surface area (Å²) in [5, 5.41) is 0. The van der Waals surface area contributed by atoms with Crippen LogP contribution in [-0.2, 0) is 4.79 Å². The second-order valence-electron chi connectivity index (χ2n) is 5.39. The van der Waals surface area contributed by atoms with Gasteiger partial charge in [0.25, 0.3) is 0 Å². The molecule has 0 aromatic heterocycles. The molecular weight excluding hydrogens is 264 g/mol. The smallest absolute Gasteiger partial charge is 0.121 e. The van der Waals surface area contributed by atoms with Crippen LogP contribution in [0.2, 0.25) is 0 Å². The van der Waals surface area contributed by atoms with Crippen molar-refractivity contribution >= 4 is 6.29 Å². The first-order valence-corrected chi connectivity index (χ1v) is 8.09. The highest BCUT2D eigenvalue weighted by atomic mass is 16.1. The summed E-state index contributed by atoms with van der Waals surface area (Å²) < 4.78 is 0. The Bertz CT molecular complexity index is 296. The van der Waals surface area contributed by atoms with Crippen molar-refractivity contribution in [3.63, 3.8) is 0 Å². The standard InChI is InChI=1S/C16H34N4O/c1-6-18(11-13-20(8-3)16(5)17)10-12-19(7-2)15(4)9-14-21/h14-15H,5-13,17H2,1-4H3. The Morgan fingerprint density at radius 3 is 2.14 bits per heavy atom. The van der Waals surface area contributed by atoms with Gasteiger partial charge in [-0.1, -0.05) is 20.4 Å². The van der Waals surface area contributed by atoms with Gasteiger partial charge in [-0.05, 0) is 26.9 Å². The van der Waals surface area contributed by atoms with Gasteiger partial charge in [0.05, 0.1) is 5.82 Å². The Kier molecular flexibility index (Phi) is 11.0. The maximum Gasteiger partial charge on any atom is 0.121 e. The minimum Gasteiger partial charge on any atom is -0.386 e. The van der Waals surface area contributed by atoms with Crippen molar-refractivity contribution in [2.75, 3.05) is 45.8 Å². The Balaban J connectivity index is 4.23. The molecule has 1 unspecified atom stereocenters. The highest BCUT2D eigenvalue weighted by molar-refractivity contribution is 5.50. The number of aldehydes is 1. The SMILES string of the molecule is C=C(N)N(CC)CCN(CC)CCN(CC)C(C)CC=O. The normalized spacial score (nSPS) is 12.7. The van der Waals surface area contributed by atoms with Gasteiger partial charge in [0.2, 0.25) is 0 Å². The lowest BCUT2D eigenvalue weighted by Crippen LogP contribution is -2.42. The van der Waals surface area contributed by atoms with Crippen molar-refractivity contribution in [3.8, 4) is 0 Å². The summed E-state index contributed by atoms with van der Waals surface area (Å²) in [7, 11) is 0. The fourth-order valence-electron chi connectivity index (χ4n) is 2.44. The number of likely N-dealkylation sites (N-methyl/N-ethyl adjacent to an activating group) is 3. The Morgan fingerprint density at radius 2 is 1.71 bits per heavy atom. The lowest BCUT2D eigenvalue weighted by atomic mass is 10.2. The Morgan fingerprint density at radius 1 is 1.10 bits per heavy atom. The highest BCUT2D eigenvalue weighted by Crippen LogP contribution is 2.03. The maximum absolute atomic E-state index is 10.6. The van der Waals surface area contributed by atoms with Gasteiger partial charge < -0.3 is 20.3 Å². The van der Waals surface area contributed by atoms with Crippen LogP contribution in [0.4, 0.5) is 0 Å². The first-order chi connectivity index (χ1) is 9.99. The van der Waals surface area contributed by atoms with E-state index in [4.69, 9.17) is 5.73 Å². The molecule has 5 heteroatoms. The number of nitrogens with two attached hydrogens (primary N) is 1. The van der Waals surface area contributed by atoms with Crippen LogP contribution in [0.5, 0.6) is 0 Å².